The van der Waals surface area contributed by atoms with Gasteiger partial charge < -0.3 is 20.1 Å². The number of hydrogen-bond acceptors (Lipinski definition) is 6. The highest BCUT2D eigenvalue weighted by atomic mass is 16.5. The van der Waals surface area contributed by atoms with Crippen LogP contribution >= 0.6 is 0 Å². The van der Waals surface area contributed by atoms with Crippen molar-refractivity contribution in [2.24, 2.45) is 0 Å². The smallest absolute Gasteiger partial charge is 0.242 e. The second-order valence-corrected chi connectivity index (χ2v) is 4.25. The van der Waals surface area contributed by atoms with Gasteiger partial charge in [-0.05, 0) is 20.8 Å². The van der Waals surface area contributed by atoms with Crippen molar-refractivity contribution in [2.45, 2.75) is 26.8 Å². The third kappa shape index (κ3) is 5.40. The van der Waals surface area contributed by atoms with Gasteiger partial charge in [-0.2, -0.15) is 4.98 Å². The second-order valence-electron chi connectivity index (χ2n) is 4.25. The van der Waals surface area contributed by atoms with Crippen LogP contribution in [0, 0.1) is 6.92 Å². The number of amides is 1. The van der Waals surface area contributed by atoms with E-state index in [1.807, 2.05) is 13.8 Å². The number of nitrogens with zero attached hydrogens (tertiary/aromatic N) is 2. The summed E-state index contributed by atoms with van der Waals surface area (Å²) in [5, 5.41) is 5.70. The van der Waals surface area contributed by atoms with Gasteiger partial charge in [-0.3, -0.25) is 4.79 Å². The summed E-state index contributed by atoms with van der Waals surface area (Å²) < 4.78 is 10.2. The van der Waals surface area contributed by atoms with Crippen molar-refractivity contribution < 1.29 is 14.3 Å². The quantitative estimate of drug-likeness (QED) is 0.684. The largest absolute Gasteiger partial charge is 0.478 e. The Morgan fingerprint density at radius 3 is 2.85 bits per heavy atom. The molecule has 1 amide bonds. The van der Waals surface area contributed by atoms with Crippen LogP contribution in [0.5, 0.6) is 5.88 Å². The van der Waals surface area contributed by atoms with Crippen LogP contribution in [-0.4, -0.2) is 48.8 Å². The lowest BCUT2D eigenvalue weighted by molar-refractivity contribution is -0.121. The van der Waals surface area contributed by atoms with Crippen molar-refractivity contribution in [1.82, 2.24) is 15.3 Å². The van der Waals surface area contributed by atoms with Crippen molar-refractivity contribution >= 4 is 11.9 Å². The first kappa shape index (κ1) is 16.2. The van der Waals surface area contributed by atoms with E-state index in [9.17, 15) is 4.79 Å². The lowest BCUT2D eigenvalue weighted by Crippen LogP contribution is -2.39. The van der Waals surface area contributed by atoms with E-state index in [4.69, 9.17) is 9.47 Å². The molecule has 1 unspecified atom stereocenters. The lowest BCUT2D eigenvalue weighted by Gasteiger charge is -2.14. The first-order valence-corrected chi connectivity index (χ1v) is 6.58. The molecule has 0 radical (unpaired) electrons. The van der Waals surface area contributed by atoms with Crippen molar-refractivity contribution in [2.75, 3.05) is 32.2 Å². The zero-order valence-electron chi connectivity index (χ0n) is 12.4. The maximum Gasteiger partial charge on any atom is 0.242 e. The van der Waals surface area contributed by atoms with Crippen LogP contribution in [0.25, 0.3) is 0 Å². The topological polar surface area (TPSA) is 85.4 Å². The van der Waals surface area contributed by atoms with Crippen molar-refractivity contribution in [3.63, 3.8) is 0 Å². The number of aryl methyl sites for hydroxylation is 1. The standard InChI is InChI=1S/C13H22N4O3/c1-5-20-11-8-9(2)15-13(17-11)16-10(3)12(18)14-6-7-19-4/h8,10H,5-7H2,1-4H3,(H,14,18)(H,15,16,17). The van der Waals surface area contributed by atoms with Gasteiger partial charge in [0.05, 0.1) is 13.2 Å². The number of nitrogens with one attached hydrogen (secondary N) is 2. The summed E-state index contributed by atoms with van der Waals surface area (Å²) in [6.45, 7) is 6.96. The van der Waals surface area contributed by atoms with Crippen LogP contribution in [0.1, 0.15) is 19.5 Å². The molecule has 0 saturated carbocycles. The zero-order valence-corrected chi connectivity index (χ0v) is 12.4. The number of carbonyl (C=O) groups is 1. The molecule has 20 heavy (non-hydrogen) atoms. The molecule has 1 heterocycles. The van der Waals surface area contributed by atoms with E-state index in [2.05, 4.69) is 20.6 Å². The molecule has 0 spiro atoms. The molecule has 7 nitrogen and oxygen atoms in total. The SMILES string of the molecule is CCOc1cc(C)nc(NC(C)C(=O)NCCOC)n1. The van der Waals surface area contributed by atoms with Gasteiger partial charge >= 0.3 is 0 Å². The lowest BCUT2D eigenvalue weighted by atomic mass is 10.3. The number of rotatable bonds is 8. The number of aromatic nitrogens is 2. The molecule has 0 bridgehead atoms. The van der Waals surface area contributed by atoms with Gasteiger partial charge in [0.1, 0.15) is 6.04 Å². The minimum absolute atomic E-state index is 0.134. The molecular formula is C13H22N4O3. The van der Waals surface area contributed by atoms with E-state index in [1.54, 1.807) is 20.1 Å². The van der Waals surface area contributed by atoms with E-state index in [1.165, 1.54) is 0 Å². The number of ether oxygens (including phenoxy) is 2. The molecule has 112 valence electrons. The Hall–Kier alpha value is -1.89. The Kier molecular flexibility index (Phi) is 6.72. The fourth-order valence-electron chi connectivity index (χ4n) is 1.51. The fraction of sp³-hybridized carbons (Fsp3) is 0.615. The van der Waals surface area contributed by atoms with Crippen LogP contribution in [0.15, 0.2) is 6.07 Å². The van der Waals surface area contributed by atoms with E-state index in [0.717, 1.165) is 5.69 Å². The van der Waals surface area contributed by atoms with Gasteiger partial charge in [-0.25, -0.2) is 4.98 Å². The van der Waals surface area contributed by atoms with Gasteiger partial charge in [0, 0.05) is 25.4 Å². The summed E-state index contributed by atoms with van der Waals surface area (Å²) in [5.74, 6) is 0.738. The summed E-state index contributed by atoms with van der Waals surface area (Å²) in [7, 11) is 1.59. The third-order valence-corrected chi connectivity index (χ3v) is 2.47. The van der Waals surface area contributed by atoms with Crippen molar-refractivity contribution in [3.8, 4) is 5.88 Å². The van der Waals surface area contributed by atoms with E-state index < -0.39 is 6.04 Å². The molecule has 0 aliphatic rings. The number of methoxy groups -OCH3 is 1. The Balaban J connectivity index is 2.60. The maximum absolute atomic E-state index is 11.8. The summed E-state index contributed by atoms with van der Waals surface area (Å²) >= 11 is 0. The normalized spacial score (nSPS) is 11.8. The number of hydrogen-bond donors (Lipinski definition) is 2. The molecular weight excluding hydrogens is 260 g/mol. The Morgan fingerprint density at radius 2 is 2.20 bits per heavy atom. The number of anilines is 1. The first-order valence-electron chi connectivity index (χ1n) is 6.58. The van der Waals surface area contributed by atoms with Crippen LogP contribution in [0.2, 0.25) is 0 Å². The molecule has 1 rings (SSSR count). The average molecular weight is 282 g/mol. The summed E-state index contributed by atoms with van der Waals surface area (Å²) in [5.41, 5.74) is 0.776. The fourth-order valence-corrected chi connectivity index (χ4v) is 1.51. The van der Waals surface area contributed by atoms with Gasteiger partial charge in [-0.1, -0.05) is 0 Å². The van der Waals surface area contributed by atoms with E-state index >= 15 is 0 Å². The minimum Gasteiger partial charge on any atom is -0.478 e. The molecule has 0 fully saturated rings. The highest BCUT2D eigenvalue weighted by molar-refractivity contribution is 5.83. The zero-order chi connectivity index (χ0) is 15.0. The minimum atomic E-state index is -0.442. The van der Waals surface area contributed by atoms with Gasteiger partial charge in [-0.15, -0.1) is 0 Å². The average Bonchev–Trinajstić information content (AvgIpc) is 2.38. The molecule has 1 aromatic rings. The van der Waals surface area contributed by atoms with Crippen LogP contribution in [0.3, 0.4) is 0 Å². The highest BCUT2D eigenvalue weighted by Crippen LogP contribution is 2.12. The van der Waals surface area contributed by atoms with Crippen molar-refractivity contribution in [3.05, 3.63) is 11.8 Å². The third-order valence-electron chi connectivity index (χ3n) is 2.47. The molecule has 0 aliphatic carbocycles. The Labute approximate surface area is 119 Å². The van der Waals surface area contributed by atoms with E-state index in [0.29, 0.717) is 31.6 Å². The Bertz CT molecular complexity index is 440. The van der Waals surface area contributed by atoms with Crippen LogP contribution in [-0.2, 0) is 9.53 Å². The summed E-state index contributed by atoms with van der Waals surface area (Å²) in [6.07, 6.45) is 0. The second kappa shape index (κ2) is 8.31. The predicted octanol–water partition coefficient (Wildman–Crippen LogP) is 0.747. The molecule has 0 aliphatic heterocycles. The molecule has 1 aromatic heterocycles. The predicted molar refractivity (Wildman–Crippen MR) is 75.9 cm³/mol. The van der Waals surface area contributed by atoms with Gasteiger partial charge in [0.2, 0.25) is 17.7 Å². The summed E-state index contributed by atoms with van der Waals surface area (Å²) in [6, 6.07) is 1.31. The molecule has 0 saturated heterocycles. The van der Waals surface area contributed by atoms with Crippen LogP contribution in [0.4, 0.5) is 5.95 Å². The van der Waals surface area contributed by atoms with Gasteiger partial charge in [0.15, 0.2) is 0 Å². The highest BCUT2D eigenvalue weighted by Gasteiger charge is 2.14. The first-order chi connectivity index (χ1) is 9.56. The maximum atomic E-state index is 11.8. The van der Waals surface area contributed by atoms with E-state index in [-0.39, 0.29) is 5.91 Å². The molecule has 2 N–H and O–H groups in total. The summed E-state index contributed by atoms with van der Waals surface area (Å²) in [4.78, 5) is 20.2. The number of carbonyl (C=O) groups excluding carboxylic acids is 1. The monoisotopic (exact) mass is 282 g/mol. The molecule has 0 aromatic carbocycles. The molecule has 1 atom stereocenters. The molecule has 7 heteroatoms. The van der Waals surface area contributed by atoms with Crippen LogP contribution < -0.4 is 15.4 Å². The van der Waals surface area contributed by atoms with Crippen molar-refractivity contribution in [1.29, 1.82) is 0 Å². The Morgan fingerprint density at radius 1 is 1.45 bits per heavy atom. The van der Waals surface area contributed by atoms with Gasteiger partial charge in [0.25, 0.3) is 0 Å².